The minimum atomic E-state index is -0.689. The third-order valence-corrected chi connectivity index (χ3v) is 19.3. The lowest BCUT2D eigenvalue weighted by atomic mass is 9.59. The van der Waals surface area contributed by atoms with Crippen molar-refractivity contribution in [2.24, 2.45) is 10.8 Å². The fourth-order valence-corrected chi connectivity index (χ4v) is 14.7. The molecule has 6 aromatic rings. The van der Waals surface area contributed by atoms with E-state index in [-0.39, 0.29) is 52.2 Å². The molecular formula is C60H64F2N8O6. The van der Waals surface area contributed by atoms with E-state index in [9.17, 15) is 19.5 Å². The molecule has 5 saturated heterocycles. The Morgan fingerprint density at radius 2 is 1.68 bits per heavy atom. The highest BCUT2D eigenvalue weighted by atomic mass is 19.1. The summed E-state index contributed by atoms with van der Waals surface area (Å²) in [4.78, 5) is 62.1. The lowest BCUT2D eigenvalue weighted by molar-refractivity contribution is -0.151. The molecule has 76 heavy (non-hydrogen) atoms. The summed E-state index contributed by atoms with van der Waals surface area (Å²) >= 11 is 0. The van der Waals surface area contributed by atoms with Crippen molar-refractivity contribution < 1.29 is 37.7 Å². The number of rotatable bonds is 11. The number of likely N-dealkylation sites (tertiary alicyclic amines) is 2. The van der Waals surface area contributed by atoms with E-state index in [1.807, 2.05) is 25.1 Å². The summed E-state index contributed by atoms with van der Waals surface area (Å²) < 4.78 is 45.3. The van der Waals surface area contributed by atoms with Gasteiger partial charge in [0, 0.05) is 66.6 Å². The van der Waals surface area contributed by atoms with Gasteiger partial charge in [0.25, 0.3) is 5.91 Å². The van der Waals surface area contributed by atoms with Crippen LogP contribution in [-0.2, 0) is 20.7 Å². The number of nitrogens with one attached hydrogen (secondary N) is 1. The number of halogens is 2. The average Bonchev–Trinajstić information content (AvgIpc) is 4.24. The van der Waals surface area contributed by atoms with Crippen LogP contribution >= 0.6 is 0 Å². The number of hydrogen-bond donors (Lipinski definition) is 2. The zero-order chi connectivity index (χ0) is 51.7. The molecule has 3 amide bonds. The first-order valence-corrected chi connectivity index (χ1v) is 27.9. The van der Waals surface area contributed by atoms with Gasteiger partial charge >= 0.3 is 6.01 Å². The molecular weight excluding hydrogens is 967 g/mol. The molecule has 8 heterocycles. The van der Waals surface area contributed by atoms with E-state index in [0.29, 0.717) is 82.0 Å². The summed E-state index contributed by atoms with van der Waals surface area (Å²) in [6.07, 6.45) is 14.5. The zero-order valence-corrected chi connectivity index (χ0v) is 43.1. The van der Waals surface area contributed by atoms with Crippen LogP contribution in [-0.4, -0.2) is 124 Å². The molecule has 394 valence electrons. The fraction of sp³-hybridized carbons (Fsp3) is 0.500. The average molecular weight is 1030 g/mol. The van der Waals surface area contributed by atoms with E-state index in [1.165, 1.54) is 43.4 Å². The predicted molar refractivity (Wildman–Crippen MR) is 285 cm³/mol. The number of carbonyl (C=O) groups excluding carboxylic acids is 3. The second kappa shape index (κ2) is 18.1. The van der Waals surface area contributed by atoms with Crippen LogP contribution in [0.15, 0.2) is 60.8 Å². The number of piperidine rings is 4. The van der Waals surface area contributed by atoms with Crippen LogP contribution in [0.2, 0.25) is 0 Å². The number of benzene rings is 4. The fourth-order valence-electron chi connectivity index (χ4n) is 14.7. The van der Waals surface area contributed by atoms with E-state index in [4.69, 9.17) is 19.4 Å². The number of amides is 3. The number of imide groups is 1. The van der Waals surface area contributed by atoms with Gasteiger partial charge in [0.05, 0.1) is 29.9 Å². The van der Waals surface area contributed by atoms with Gasteiger partial charge in [-0.2, -0.15) is 9.97 Å². The third kappa shape index (κ3) is 8.01. The van der Waals surface area contributed by atoms with E-state index in [1.54, 1.807) is 23.2 Å². The van der Waals surface area contributed by atoms with Gasteiger partial charge in [-0.3, -0.25) is 29.6 Å². The Bertz CT molecular complexity index is 3390. The van der Waals surface area contributed by atoms with Gasteiger partial charge in [0.2, 0.25) is 11.8 Å². The SMILES string of the molecule is CCc1c(F)ccc2cc(O)cc(-c3ncc4c(N5CCC[C@]6(CCO6)C5)nc(OCC5(CN6CCC7(CC6)CC(N6CCC(c8ccc9c%10c(cccc8%10)C(=O)N9C8CCC(=O)NC8=O)CC6)C7)CC5)nc4c3F)c12. The number of aryl methyl sites for hydroxylation is 1. The van der Waals surface area contributed by atoms with Crippen LogP contribution in [0.5, 0.6) is 11.8 Å². The molecule has 14 nitrogen and oxygen atoms in total. The van der Waals surface area contributed by atoms with Crippen molar-refractivity contribution in [3.63, 3.8) is 0 Å². The van der Waals surface area contributed by atoms with Crippen molar-refractivity contribution in [2.45, 2.75) is 120 Å². The maximum absolute atomic E-state index is 17.3. The van der Waals surface area contributed by atoms with Crippen LogP contribution in [0.25, 0.3) is 43.7 Å². The molecule has 1 unspecified atom stereocenters. The third-order valence-electron chi connectivity index (χ3n) is 19.3. The number of anilines is 2. The first kappa shape index (κ1) is 48.0. The molecule has 2 atom stereocenters. The van der Waals surface area contributed by atoms with Crippen LogP contribution < -0.4 is 19.9 Å². The molecule has 2 aliphatic carbocycles. The first-order chi connectivity index (χ1) is 36.9. The number of nitrogens with zero attached hydrogens (tertiary/aromatic N) is 7. The Morgan fingerprint density at radius 1 is 0.868 bits per heavy atom. The Kier molecular flexibility index (Phi) is 11.5. The van der Waals surface area contributed by atoms with Crippen LogP contribution in [0.1, 0.15) is 118 Å². The number of ether oxygens (including phenoxy) is 2. The van der Waals surface area contributed by atoms with Crippen molar-refractivity contribution in [1.29, 1.82) is 0 Å². The largest absolute Gasteiger partial charge is 0.508 e. The smallest absolute Gasteiger partial charge is 0.319 e. The van der Waals surface area contributed by atoms with E-state index in [0.717, 1.165) is 107 Å². The Balaban J connectivity index is 0.627. The van der Waals surface area contributed by atoms with Gasteiger partial charge in [0.1, 0.15) is 34.6 Å². The molecule has 2 N–H and O–H groups in total. The quantitative estimate of drug-likeness (QED) is 0.119. The second-order valence-corrected chi connectivity index (χ2v) is 23.8. The number of pyridine rings is 1. The van der Waals surface area contributed by atoms with Crippen LogP contribution in [0, 0.1) is 22.5 Å². The maximum Gasteiger partial charge on any atom is 0.319 e. The maximum atomic E-state index is 17.3. The van der Waals surface area contributed by atoms with Gasteiger partial charge in [-0.25, -0.2) is 8.78 Å². The summed E-state index contributed by atoms with van der Waals surface area (Å²) in [5, 5.41) is 16.8. The highest BCUT2D eigenvalue weighted by Crippen LogP contribution is 2.54. The molecule has 6 aliphatic heterocycles. The molecule has 8 aliphatic rings. The van der Waals surface area contributed by atoms with Crippen LogP contribution in [0.3, 0.4) is 0 Å². The Hall–Kier alpha value is -6.36. The first-order valence-electron chi connectivity index (χ1n) is 27.9. The van der Waals surface area contributed by atoms with E-state index >= 15 is 8.78 Å². The second-order valence-electron chi connectivity index (χ2n) is 23.8. The molecule has 0 bridgehead atoms. The van der Waals surface area contributed by atoms with Gasteiger partial charge in [0.15, 0.2) is 5.82 Å². The summed E-state index contributed by atoms with van der Waals surface area (Å²) in [5.41, 5.74) is 3.62. The van der Waals surface area contributed by atoms with Crippen LogP contribution in [0.4, 0.5) is 20.3 Å². The minimum absolute atomic E-state index is 0.0147. The number of fused-ring (bicyclic) bond motifs is 2. The molecule has 7 fully saturated rings. The molecule has 2 aromatic heterocycles. The van der Waals surface area contributed by atoms with Gasteiger partial charge in [-0.15, -0.1) is 0 Å². The zero-order valence-electron chi connectivity index (χ0n) is 43.1. The predicted octanol–water partition coefficient (Wildman–Crippen LogP) is 9.35. The van der Waals surface area contributed by atoms with Crippen molar-refractivity contribution in [3.05, 3.63) is 89.1 Å². The van der Waals surface area contributed by atoms with E-state index < -0.39 is 23.6 Å². The van der Waals surface area contributed by atoms with Gasteiger partial charge in [-0.05, 0) is 172 Å². The van der Waals surface area contributed by atoms with Gasteiger partial charge in [-0.1, -0.05) is 31.2 Å². The normalized spacial score (nSPS) is 24.7. The minimum Gasteiger partial charge on any atom is -0.508 e. The highest BCUT2D eigenvalue weighted by molar-refractivity contribution is 6.27. The molecule has 4 aromatic carbocycles. The molecule has 2 saturated carbocycles. The monoisotopic (exact) mass is 1030 g/mol. The van der Waals surface area contributed by atoms with Crippen molar-refractivity contribution >= 4 is 61.7 Å². The molecule has 0 radical (unpaired) electrons. The van der Waals surface area contributed by atoms with Gasteiger partial charge < -0.3 is 29.3 Å². The number of aromatic nitrogens is 3. The number of phenols is 1. The summed E-state index contributed by atoms with van der Waals surface area (Å²) in [5.74, 6) is -1.03. The summed E-state index contributed by atoms with van der Waals surface area (Å²) in [6.45, 7) is 9.56. The Labute approximate surface area is 440 Å². The highest BCUT2D eigenvalue weighted by Gasteiger charge is 2.51. The summed E-state index contributed by atoms with van der Waals surface area (Å²) in [7, 11) is 0. The lowest BCUT2D eigenvalue weighted by Crippen LogP contribution is -2.56. The number of phenolic OH excluding ortho intramolecular Hbond substituents is 1. The van der Waals surface area contributed by atoms with Crippen molar-refractivity contribution in [3.8, 4) is 23.0 Å². The molecule has 14 rings (SSSR count). The topological polar surface area (TPSA) is 154 Å². The molecule has 16 heteroatoms. The standard InChI is InChI=1S/C60H64F2N8O6/c1-2-39-45(61)9-7-36-27-38(71)28-43(49(36)39)52-51(62)53-44(31-63-52)54(69-21-4-15-60(33-69)20-26-76-60)66-57(65-53)75-34-59(16-17-59)32-67-24-18-58(19-25-67)29-37(30-58)68-22-13-35(14-23-68)40-8-10-46-50-41(40)5-3-6-42(50)56(74)70(46)47-11-12-48(72)64-55(47)73/h3,5-10,27-28,31,35,37,47,71H,2,4,11-26,29-30,32-34H2,1H3,(H,64,72,73)/t47?,60-/m0/s1. The van der Waals surface area contributed by atoms with Crippen molar-refractivity contribution in [1.82, 2.24) is 30.1 Å². The Morgan fingerprint density at radius 3 is 2.43 bits per heavy atom. The number of hydrogen-bond acceptors (Lipinski definition) is 12. The summed E-state index contributed by atoms with van der Waals surface area (Å²) in [6, 6.07) is 16.2. The number of carbonyl (C=O) groups is 3. The van der Waals surface area contributed by atoms with E-state index in [2.05, 4.69) is 37.1 Å². The lowest BCUT2D eigenvalue weighted by Gasteiger charge is -2.56. The van der Waals surface area contributed by atoms with Crippen molar-refractivity contribution in [2.75, 3.05) is 68.8 Å². The number of aromatic hydroxyl groups is 1. The molecule has 2 spiro atoms.